The lowest BCUT2D eigenvalue weighted by Crippen LogP contribution is -2.15. The Morgan fingerprint density at radius 1 is 1.22 bits per heavy atom. The fourth-order valence-electron chi connectivity index (χ4n) is 2.49. The third kappa shape index (κ3) is 4.27. The average Bonchev–Trinajstić information content (AvgIpc) is 3.37. The molecule has 0 spiro atoms. The Hall–Kier alpha value is -1.52. The molecule has 1 aliphatic carbocycles. The summed E-state index contributed by atoms with van der Waals surface area (Å²) in [5.74, 6) is 1.52. The minimum Gasteiger partial charge on any atom is -0.493 e. The normalized spacial score (nSPS) is 13.9. The van der Waals surface area contributed by atoms with Gasteiger partial charge in [-0.3, -0.25) is 0 Å². The Bertz CT molecular complexity index is 683. The van der Waals surface area contributed by atoms with Crippen LogP contribution in [0.2, 0.25) is 0 Å². The molecule has 0 atom stereocenters. The minimum absolute atomic E-state index is 0.529. The molecule has 0 unspecified atom stereocenters. The van der Waals surface area contributed by atoms with E-state index < -0.39 is 0 Å². The largest absolute Gasteiger partial charge is 0.493 e. The Labute approximate surface area is 146 Å². The van der Waals surface area contributed by atoms with Gasteiger partial charge in [-0.05, 0) is 64.5 Å². The molecule has 0 radical (unpaired) electrons. The minimum atomic E-state index is 0.529. The first-order valence-electron chi connectivity index (χ1n) is 7.94. The van der Waals surface area contributed by atoms with Crippen LogP contribution in [0, 0.1) is 6.92 Å². The van der Waals surface area contributed by atoms with E-state index in [2.05, 4.69) is 46.4 Å². The van der Waals surface area contributed by atoms with Gasteiger partial charge in [0.1, 0.15) is 6.61 Å². The first kappa shape index (κ1) is 16.3. The van der Waals surface area contributed by atoms with Crippen molar-refractivity contribution in [3.63, 3.8) is 0 Å². The van der Waals surface area contributed by atoms with E-state index in [1.54, 1.807) is 7.11 Å². The standard InChI is InChI=1S/C19H22BrNO2/c1-13-5-3-4-6-15(13)12-23-19-17(20)9-14(10-18(19)22-2)11-21-16-7-8-16/h3-6,9-10,16,21H,7-8,11-12H2,1-2H3. The molecule has 0 aromatic heterocycles. The number of nitrogens with one attached hydrogen (secondary N) is 1. The first-order chi connectivity index (χ1) is 11.2. The molecule has 0 heterocycles. The molecular weight excluding hydrogens is 354 g/mol. The van der Waals surface area contributed by atoms with Crippen LogP contribution in [0.15, 0.2) is 40.9 Å². The molecule has 3 rings (SSSR count). The van der Waals surface area contributed by atoms with Crippen molar-refractivity contribution in [1.29, 1.82) is 0 Å². The molecule has 0 amide bonds. The van der Waals surface area contributed by atoms with Gasteiger partial charge >= 0.3 is 0 Å². The Kier molecular flexibility index (Phi) is 5.23. The Balaban J connectivity index is 1.73. The predicted octanol–water partition coefficient (Wildman–Crippen LogP) is 4.60. The lowest BCUT2D eigenvalue weighted by molar-refractivity contribution is 0.281. The summed E-state index contributed by atoms with van der Waals surface area (Å²) in [6.45, 7) is 3.48. The number of rotatable bonds is 7. The van der Waals surface area contributed by atoms with Crippen LogP contribution in [0.1, 0.15) is 29.5 Å². The van der Waals surface area contributed by atoms with Crippen LogP contribution < -0.4 is 14.8 Å². The van der Waals surface area contributed by atoms with Crippen LogP contribution >= 0.6 is 15.9 Å². The molecule has 3 nitrogen and oxygen atoms in total. The summed E-state index contributed by atoms with van der Waals surface area (Å²) in [7, 11) is 1.68. The number of benzene rings is 2. The van der Waals surface area contributed by atoms with Crippen molar-refractivity contribution in [3.8, 4) is 11.5 Å². The van der Waals surface area contributed by atoms with Crippen LogP contribution in [0.5, 0.6) is 11.5 Å². The van der Waals surface area contributed by atoms with Crippen LogP contribution in [0.4, 0.5) is 0 Å². The molecule has 122 valence electrons. The van der Waals surface area contributed by atoms with E-state index in [-0.39, 0.29) is 0 Å². The van der Waals surface area contributed by atoms with Crippen molar-refractivity contribution >= 4 is 15.9 Å². The highest BCUT2D eigenvalue weighted by molar-refractivity contribution is 9.10. The summed E-state index contributed by atoms with van der Waals surface area (Å²) in [6.07, 6.45) is 2.58. The van der Waals surface area contributed by atoms with Gasteiger partial charge in [0.2, 0.25) is 0 Å². The SMILES string of the molecule is COc1cc(CNC2CC2)cc(Br)c1OCc1ccccc1C. The van der Waals surface area contributed by atoms with Gasteiger partial charge < -0.3 is 14.8 Å². The van der Waals surface area contributed by atoms with Gasteiger partial charge in [0, 0.05) is 12.6 Å². The quantitative estimate of drug-likeness (QED) is 0.766. The third-order valence-corrected chi connectivity index (χ3v) is 4.68. The third-order valence-electron chi connectivity index (χ3n) is 4.09. The van der Waals surface area contributed by atoms with E-state index in [1.165, 1.54) is 29.5 Å². The van der Waals surface area contributed by atoms with E-state index >= 15 is 0 Å². The van der Waals surface area contributed by atoms with Gasteiger partial charge in [0.15, 0.2) is 11.5 Å². The molecule has 23 heavy (non-hydrogen) atoms. The topological polar surface area (TPSA) is 30.5 Å². The highest BCUT2D eigenvalue weighted by atomic mass is 79.9. The predicted molar refractivity (Wildman–Crippen MR) is 96.1 cm³/mol. The second kappa shape index (κ2) is 7.37. The highest BCUT2D eigenvalue weighted by Gasteiger charge is 2.20. The fraction of sp³-hybridized carbons (Fsp3) is 0.368. The molecule has 1 aliphatic rings. The monoisotopic (exact) mass is 375 g/mol. The lowest BCUT2D eigenvalue weighted by Gasteiger charge is -2.15. The molecule has 4 heteroatoms. The van der Waals surface area contributed by atoms with Crippen LogP contribution in [-0.4, -0.2) is 13.2 Å². The van der Waals surface area contributed by atoms with E-state index in [9.17, 15) is 0 Å². The van der Waals surface area contributed by atoms with Gasteiger partial charge in [-0.25, -0.2) is 0 Å². The summed E-state index contributed by atoms with van der Waals surface area (Å²) in [5, 5.41) is 3.52. The number of halogens is 1. The van der Waals surface area contributed by atoms with E-state index in [4.69, 9.17) is 9.47 Å². The smallest absolute Gasteiger partial charge is 0.175 e. The molecule has 2 aromatic rings. The molecule has 2 aromatic carbocycles. The van der Waals surface area contributed by atoms with Gasteiger partial charge in [-0.2, -0.15) is 0 Å². The maximum atomic E-state index is 6.03. The van der Waals surface area contributed by atoms with Crippen molar-refractivity contribution in [2.24, 2.45) is 0 Å². The maximum Gasteiger partial charge on any atom is 0.175 e. The molecule has 0 aliphatic heterocycles. The van der Waals surface area contributed by atoms with Crippen molar-refractivity contribution in [3.05, 3.63) is 57.6 Å². The van der Waals surface area contributed by atoms with Gasteiger partial charge in [-0.15, -0.1) is 0 Å². The molecule has 0 bridgehead atoms. The van der Waals surface area contributed by atoms with Crippen molar-refractivity contribution in [2.45, 2.75) is 39.0 Å². The number of hydrogen-bond acceptors (Lipinski definition) is 3. The zero-order valence-electron chi connectivity index (χ0n) is 13.6. The van der Waals surface area contributed by atoms with E-state index in [0.29, 0.717) is 12.6 Å². The average molecular weight is 376 g/mol. The summed E-state index contributed by atoms with van der Waals surface area (Å²) >= 11 is 3.62. The summed E-state index contributed by atoms with van der Waals surface area (Å²) in [4.78, 5) is 0. The molecule has 1 N–H and O–H groups in total. The van der Waals surface area contributed by atoms with Crippen LogP contribution in [0.25, 0.3) is 0 Å². The second-order valence-corrected chi connectivity index (χ2v) is 6.83. The van der Waals surface area contributed by atoms with Crippen molar-refractivity contribution in [1.82, 2.24) is 5.32 Å². The Morgan fingerprint density at radius 3 is 2.70 bits per heavy atom. The van der Waals surface area contributed by atoms with E-state index in [0.717, 1.165) is 22.5 Å². The second-order valence-electron chi connectivity index (χ2n) is 5.98. The Morgan fingerprint density at radius 2 is 2.00 bits per heavy atom. The summed E-state index contributed by atoms with van der Waals surface area (Å²) in [6, 6.07) is 13.1. The van der Waals surface area contributed by atoms with Gasteiger partial charge in [-0.1, -0.05) is 24.3 Å². The molecule has 0 saturated heterocycles. The first-order valence-corrected chi connectivity index (χ1v) is 8.74. The zero-order valence-corrected chi connectivity index (χ0v) is 15.2. The molecule has 1 fully saturated rings. The van der Waals surface area contributed by atoms with Crippen LogP contribution in [0.3, 0.4) is 0 Å². The molecule has 1 saturated carbocycles. The highest BCUT2D eigenvalue weighted by Crippen LogP contribution is 2.37. The number of hydrogen-bond donors (Lipinski definition) is 1. The van der Waals surface area contributed by atoms with Crippen molar-refractivity contribution in [2.75, 3.05) is 7.11 Å². The number of methoxy groups -OCH3 is 1. The number of ether oxygens (including phenoxy) is 2. The summed E-state index contributed by atoms with van der Waals surface area (Å²) in [5.41, 5.74) is 3.61. The maximum absolute atomic E-state index is 6.03. The zero-order chi connectivity index (χ0) is 16.2. The van der Waals surface area contributed by atoms with Crippen LogP contribution in [-0.2, 0) is 13.2 Å². The van der Waals surface area contributed by atoms with Gasteiger partial charge in [0.05, 0.1) is 11.6 Å². The lowest BCUT2D eigenvalue weighted by atomic mass is 10.1. The summed E-state index contributed by atoms with van der Waals surface area (Å²) < 4.78 is 12.5. The molecular formula is C19H22BrNO2. The van der Waals surface area contributed by atoms with E-state index in [1.807, 2.05) is 18.2 Å². The van der Waals surface area contributed by atoms with Crippen molar-refractivity contribution < 1.29 is 9.47 Å². The number of aryl methyl sites for hydroxylation is 1. The fourth-order valence-corrected chi connectivity index (χ4v) is 3.09. The van der Waals surface area contributed by atoms with Gasteiger partial charge in [0.25, 0.3) is 0 Å².